The molecule has 0 saturated carbocycles. The van der Waals surface area contributed by atoms with Crippen molar-refractivity contribution in [2.45, 2.75) is 53.6 Å². The molecule has 0 aliphatic carbocycles. The van der Waals surface area contributed by atoms with Crippen molar-refractivity contribution in [2.75, 3.05) is 6.61 Å². The van der Waals surface area contributed by atoms with Gasteiger partial charge in [0.05, 0.1) is 6.10 Å². The Hall–Kier alpha value is -1.25. The maximum absolute atomic E-state index is 11.8. The molecule has 0 aliphatic heterocycles. The fourth-order valence-electron chi connectivity index (χ4n) is 1.24. The average molecular weight is 254 g/mol. The molecule has 0 heterocycles. The van der Waals surface area contributed by atoms with Crippen molar-refractivity contribution < 1.29 is 14.3 Å². The number of allylic oxidation sites excluding steroid dienone is 2. The number of carbonyl (C=O) groups excluding carboxylic acids is 1. The maximum Gasteiger partial charge on any atom is 0.373 e. The van der Waals surface area contributed by atoms with E-state index in [2.05, 4.69) is 13.0 Å². The minimum Gasteiger partial charge on any atom is -0.483 e. The van der Waals surface area contributed by atoms with E-state index in [1.54, 1.807) is 6.08 Å². The molecule has 3 heteroatoms. The highest BCUT2D eigenvalue weighted by atomic mass is 16.6. The Morgan fingerprint density at radius 1 is 1.17 bits per heavy atom. The standard InChI is InChI=1S/C15H26O3/c1-6-7-8-9-10-17-14(11-12(2)3)15(16)18-13(4)5/h8-9,11-13H,6-7,10H2,1-5H3/b9-8+,14-11-. The van der Waals surface area contributed by atoms with Gasteiger partial charge >= 0.3 is 5.97 Å². The molecule has 0 rings (SSSR count). The lowest BCUT2D eigenvalue weighted by Gasteiger charge is -2.12. The van der Waals surface area contributed by atoms with Gasteiger partial charge in [-0.3, -0.25) is 0 Å². The largest absolute Gasteiger partial charge is 0.483 e. The van der Waals surface area contributed by atoms with Gasteiger partial charge in [0.2, 0.25) is 5.76 Å². The Morgan fingerprint density at radius 3 is 2.33 bits per heavy atom. The van der Waals surface area contributed by atoms with E-state index in [9.17, 15) is 4.79 Å². The first-order chi connectivity index (χ1) is 8.47. The van der Waals surface area contributed by atoms with Crippen LogP contribution in [0.25, 0.3) is 0 Å². The SMILES string of the molecule is CCC/C=C/CO/C(=C\C(C)C)C(=O)OC(C)C. The number of ether oxygens (including phenoxy) is 2. The van der Waals surface area contributed by atoms with Crippen LogP contribution in [-0.4, -0.2) is 18.7 Å². The Kier molecular flexibility index (Phi) is 9.07. The number of unbranched alkanes of at least 4 members (excludes halogenated alkanes) is 1. The molecule has 104 valence electrons. The zero-order valence-electron chi connectivity index (χ0n) is 12.2. The lowest BCUT2D eigenvalue weighted by Crippen LogP contribution is -2.16. The van der Waals surface area contributed by atoms with Crippen LogP contribution >= 0.6 is 0 Å². The highest BCUT2D eigenvalue weighted by molar-refractivity contribution is 5.86. The Balaban J connectivity index is 4.37. The predicted octanol–water partition coefficient (Wildman–Crippen LogP) is 3.85. The zero-order valence-corrected chi connectivity index (χ0v) is 12.2. The number of esters is 1. The molecule has 0 spiro atoms. The van der Waals surface area contributed by atoms with Gasteiger partial charge in [-0.2, -0.15) is 0 Å². The summed E-state index contributed by atoms with van der Waals surface area (Å²) in [5.74, 6) is 0.168. The van der Waals surface area contributed by atoms with Crippen molar-refractivity contribution in [3.05, 3.63) is 24.0 Å². The van der Waals surface area contributed by atoms with Crippen molar-refractivity contribution in [3.63, 3.8) is 0 Å². The molecule has 0 aromatic heterocycles. The molecular weight excluding hydrogens is 228 g/mol. The lowest BCUT2D eigenvalue weighted by molar-refractivity contribution is -0.146. The van der Waals surface area contributed by atoms with E-state index in [-0.39, 0.29) is 18.0 Å². The molecule has 0 N–H and O–H groups in total. The third-order valence-electron chi connectivity index (χ3n) is 1.99. The van der Waals surface area contributed by atoms with Crippen LogP contribution in [0.4, 0.5) is 0 Å². The van der Waals surface area contributed by atoms with Gasteiger partial charge in [0.15, 0.2) is 0 Å². The van der Waals surface area contributed by atoms with Gasteiger partial charge in [0.25, 0.3) is 0 Å². The normalized spacial score (nSPS) is 12.5. The van der Waals surface area contributed by atoms with Gasteiger partial charge in [-0.25, -0.2) is 4.79 Å². The minimum atomic E-state index is -0.386. The van der Waals surface area contributed by atoms with Gasteiger partial charge in [-0.1, -0.05) is 39.3 Å². The fourth-order valence-corrected chi connectivity index (χ4v) is 1.24. The molecular formula is C15H26O3. The summed E-state index contributed by atoms with van der Waals surface area (Å²) in [5.41, 5.74) is 0. The molecule has 0 fully saturated rings. The first-order valence-corrected chi connectivity index (χ1v) is 6.68. The van der Waals surface area contributed by atoms with E-state index in [0.29, 0.717) is 12.4 Å². The van der Waals surface area contributed by atoms with Crippen LogP contribution in [0.5, 0.6) is 0 Å². The summed E-state index contributed by atoms with van der Waals surface area (Å²) in [5, 5.41) is 0. The fraction of sp³-hybridized carbons (Fsp3) is 0.667. The van der Waals surface area contributed by atoms with E-state index >= 15 is 0 Å². The van der Waals surface area contributed by atoms with E-state index in [1.807, 2.05) is 33.8 Å². The van der Waals surface area contributed by atoms with Crippen LogP contribution in [0.2, 0.25) is 0 Å². The second kappa shape index (κ2) is 9.75. The van der Waals surface area contributed by atoms with Crippen molar-refractivity contribution in [3.8, 4) is 0 Å². The van der Waals surface area contributed by atoms with Gasteiger partial charge in [0.1, 0.15) is 6.61 Å². The van der Waals surface area contributed by atoms with E-state index < -0.39 is 0 Å². The summed E-state index contributed by atoms with van der Waals surface area (Å²) in [4.78, 5) is 11.8. The van der Waals surface area contributed by atoms with Crippen LogP contribution in [0.1, 0.15) is 47.5 Å². The van der Waals surface area contributed by atoms with Crippen molar-refractivity contribution in [1.29, 1.82) is 0 Å². The molecule has 0 unspecified atom stereocenters. The second-order valence-corrected chi connectivity index (χ2v) is 4.80. The van der Waals surface area contributed by atoms with Crippen LogP contribution in [0, 0.1) is 5.92 Å². The topological polar surface area (TPSA) is 35.5 Å². The molecule has 0 aliphatic rings. The average Bonchev–Trinajstić information content (AvgIpc) is 2.25. The third kappa shape index (κ3) is 8.85. The molecule has 0 amide bonds. The summed E-state index contributed by atoms with van der Waals surface area (Å²) in [7, 11) is 0. The molecule has 18 heavy (non-hydrogen) atoms. The molecule has 0 atom stereocenters. The smallest absolute Gasteiger partial charge is 0.373 e. The van der Waals surface area contributed by atoms with Crippen LogP contribution in [0.15, 0.2) is 24.0 Å². The molecule has 0 aromatic rings. The number of hydrogen-bond acceptors (Lipinski definition) is 3. The van der Waals surface area contributed by atoms with Gasteiger partial charge in [-0.05, 0) is 32.3 Å². The second-order valence-electron chi connectivity index (χ2n) is 4.80. The Morgan fingerprint density at radius 2 is 1.83 bits per heavy atom. The first-order valence-electron chi connectivity index (χ1n) is 6.68. The molecule has 0 aromatic carbocycles. The first kappa shape index (κ1) is 16.8. The van der Waals surface area contributed by atoms with Crippen molar-refractivity contribution >= 4 is 5.97 Å². The van der Waals surface area contributed by atoms with E-state index in [4.69, 9.17) is 9.47 Å². The summed E-state index contributed by atoms with van der Waals surface area (Å²) in [6.45, 7) is 10.2. The Labute approximate surface area is 111 Å². The number of hydrogen-bond donors (Lipinski definition) is 0. The van der Waals surface area contributed by atoms with Crippen molar-refractivity contribution in [2.24, 2.45) is 5.92 Å². The van der Waals surface area contributed by atoms with Crippen molar-refractivity contribution in [1.82, 2.24) is 0 Å². The summed E-state index contributed by atoms with van der Waals surface area (Å²) < 4.78 is 10.6. The molecule has 0 saturated heterocycles. The molecule has 0 bridgehead atoms. The highest BCUT2D eigenvalue weighted by Crippen LogP contribution is 2.08. The number of carbonyl (C=O) groups is 1. The van der Waals surface area contributed by atoms with Crippen LogP contribution in [0.3, 0.4) is 0 Å². The summed E-state index contributed by atoms with van der Waals surface area (Å²) in [6.07, 6.45) is 7.79. The molecule has 0 radical (unpaired) electrons. The van der Waals surface area contributed by atoms with E-state index in [0.717, 1.165) is 12.8 Å². The van der Waals surface area contributed by atoms with Gasteiger partial charge in [-0.15, -0.1) is 0 Å². The monoisotopic (exact) mass is 254 g/mol. The van der Waals surface area contributed by atoms with Crippen LogP contribution in [-0.2, 0) is 14.3 Å². The summed E-state index contributed by atoms with van der Waals surface area (Å²) in [6, 6.07) is 0. The van der Waals surface area contributed by atoms with Crippen LogP contribution < -0.4 is 0 Å². The lowest BCUT2D eigenvalue weighted by atomic mass is 10.2. The summed E-state index contributed by atoms with van der Waals surface area (Å²) >= 11 is 0. The van der Waals surface area contributed by atoms with Gasteiger partial charge < -0.3 is 9.47 Å². The third-order valence-corrected chi connectivity index (χ3v) is 1.99. The zero-order chi connectivity index (χ0) is 14.0. The quantitative estimate of drug-likeness (QED) is 0.286. The Bertz CT molecular complexity index is 288. The predicted molar refractivity (Wildman–Crippen MR) is 74.1 cm³/mol. The minimum absolute atomic E-state index is 0.132. The van der Waals surface area contributed by atoms with E-state index in [1.165, 1.54) is 0 Å². The van der Waals surface area contributed by atoms with Gasteiger partial charge in [0, 0.05) is 0 Å². The number of rotatable bonds is 8. The highest BCUT2D eigenvalue weighted by Gasteiger charge is 2.14. The molecule has 3 nitrogen and oxygen atoms in total. The maximum atomic E-state index is 11.8.